The molecule has 3 nitrogen and oxygen atoms in total. The molecule has 17 heavy (non-hydrogen) atoms. The Labute approximate surface area is 104 Å². The molecule has 0 amide bonds. The van der Waals surface area contributed by atoms with Gasteiger partial charge in [0.2, 0.25) is 0 Å². The first kappa shape index (κ1) is 12.4. The molecule has 2 N–H and O–H groups in total. The van der Waals surface area contributed by atoms with E-state index in [1.165, 1.54) is 37.9 Å². The SMILES string of the molecule is NCCOc1cccc(CN2CCCCC2)c1. The fourth-order valence-electron chi connectivity index (χ4n) is 2.29. The van der Waals surface area contributed by atoms with Crippen molar-refractivity contribution < 1.29 is 4.74 Å². The minimum atomic E-state index is 0.566. The lowest BCUT2D eigenvalue weighted by atomic mass is 10.1. The monoisotopic (exact) mass is 234 g/mol. The van der Waals surface area contributed by atoms with Crippen LogP contribution in [0, 0.1) is 0 Å². The van der Waals surface area contributed by atoms with E-state index in [4.69, 9.17) is 10.5 Å². The second kappa shape index (κ2) is 6.62. The lowest BCUT2D eigenvalue weighted by Crippen LogP contribution is -2.29. The van der Waals surface area contributed by atoms with Gasteiger partial charge in [0.05, 0.1) is 0 Å². The Morgan fingerprint density at radius 1 is 1.18 bits per heavy atom. The maximum atomic E-state index is 5.54. The van der Waals surface area contributed by atoms with E-state index in [1.807, 2.05) is 6.07 Å². The Balaban J connectivity index is 1.90. The zero-order valence-electron chi connectivity index (χ0n) is 10.4. The standard InChI is InChI=1S/C14H22N2O/c15-7-10-17-14-6-4-5-13(11-14)12-16-8-2-1-3-9-16/h4-6,11H,1-3,7-10,12,15H2. The molecule has 0 saturated carbocycles. The molecule has 0 atom stereocenters. The molecular formula is C14H22N2O. The van der Waals surface area contributed by atoms with Crippen LogP contribution in [-0.4, -0.2) is 31.1 Å². The van der Waals surface area contributed by atoms with E-state index in [9.17, 15) is 0 Å². The van der Waals surface area contributed by atoms with Gasteiger partial charge < -0.3 is 10.5 Å². The highest BCUT2D eigenvalue weighted by molar-refractivity contribution is 5.28. The van der Waals surface area contributed by atoms with Crippen LogP contribution in [0.3, 0.4) is 0 Å². The van der Waals surface area contributed by atoms with Crippen LogP contribution in [0.15, 0.2) is 24.3 Å². The van der Waals surface area contributed by atoms with Gasteiger partial charge in [-0.05, 0) is 43.6 Å². The normalized spacial score (nSPS) is 17.0. The van der Waals surface area contributed by atoms with E-state index in [0.717, 1.165) is 12.3 Å². The second-order valence-electron chi connectivity index (χ2n) is 4.62. The summed E-state index contributed by atoms with van der Waals surface area (Å²) < 4.78 is 5.54. The summed E-state index contributed by atoms with van der Waals surface area (Å²) in [6, 6.07) is 8.36. The van der Waals surface area contributed by atoms with E-state index < -0.39 is 0 Å². The third-order valence-electron chi connectivity index (χ3n) is 3.14. The maximum absolute atomic E-state index is 5.54. The highest BCUT2D eigenvalue weighted by Gasteiger charge is 2.10. The molecule has 0 aromatic heterocycles. The molecule has 1 heterocycles. The summed E-state index contributed by atoms with van der Waals surface area (Å²) in [5.74, 6) is 0.935. The zero-order chi connectivity index (χ0) is 11.9. The van der Waals surface area contributed by atoms with Crippen LogP contribution < -0.4 is 10.5 Å². The average molecular weight is 234 g/mol. The molecule has 1 aromatic carbocycles. The van der Waals surface area contributed by atoms with Crippen molar-refractivity contribution in [1.29, 1.82) is 0 Å². The van der Waals surface area contributed by atoms with Gasteiger partial charge in [0.15, 0.2) is 0 Å². The number of likely N-dealkylation sites (tertiary alicyclic amines) is 1. The molecule has 1 aliphatic heterocycles. The van der Waals surface area contributed by atoms with Crippen molar-refractivity contribution in [3.05, 3.63) is 29.8 Å². The van der Waals surface area contributed by atoms with E-state index in [2.05, 4.69) is 23.1 Å². The highest BCUT2D eigenvalue weighted by atomic mass is 16.5. The lowest BCUT2D eigenvalue weighted by molar-refractivity contribution is 0.220. The van der Waals surface area contributed by atoms with Crippen LogP contribution in [0.4, 0.5) is 0 Å². The largest absolute Gasteiger partial charge is 0.492 e. The first-order valence-electron chi connectivity index (χ1n) is 6.52. The van der Waals surface area contributed by atoms with Gasteiger partial charge >= 0.3 is 0 Å². The second-order valence-corrected chi connectivity index (χ2v) is 4.62. The van der Waals surface area contributed by atoms with Crippen molar-refractivity contribution in [2.45, 2.75) is 25.8 Å². The molecule has 94 valence electrons. The molecule has 1 aliphatic rings. The predicted molar refractivity (Wildman–Crippen MR) is 70.1 cm³/mol. The number of hydrogen-bond acceptors (Lipinski definition) is 3. The fourth-order valence-corrected chi connectivity index (χ4v) is 2.29. The molecule has 0 bridgehead atoms. The molecule has 1 fully saturated rings. The third-order valence-corrected chi connectivity index (χ3v) is 3.14. The summed E-state index contributed by atoms with van der Waals surface area (Å²) in [5.41, 5.74) is 6.77. The zero-order valence-corrected chi connectivity index (χ0v) is 10.4. The van der Waals surface area contributed by atoms with Crippen molar-refractivity contribution in [3.8, 4) is 5.75 Å². The molecule has 0 spiro atoms. The van der Waals surface area contributed by atoms with Gasteiger partial charge in [-0.3, -0.25) is 4.90 Å². The smallest absolute Gasteiger partial charge is 0.119 e. The van der Waals surface area contributed by atoms with Crippen molar-refractivity contribution in [1.82, 2.24) is 4.90 Å². The molecule has 0 radical (unpaired) electrons. The summed E-state index contributed by atoms with van der Waals surface area (Å²) >= 11 is 0. The number of hydrogen-bond donors (Lipinski definition) is 1. The summed E-state index contributed by atoms with van der Waals surface area (Å²) in [4.78, 5) is 2.52. The maximum Gasteiger partial charge on any atom is 0.119 e. The number of piperidine rings is 1. The van der Waals surface area contributed by atoms with Crippen LogP contribution >= 0.6 is 0 Å². The average Bonchev–Trinajstić information content (AvgIpc) is 2.38. The molecule has 3 heteroatoms. The Hall–Kier alpha value is -1.06. The van der Waals surface area contributed by atoms with Crippen molar-refractivity contribution in [2.75, 3.05) is 26.2 Å². The Bertz CT molecular complexity index is 335. The predicted octanol–water partition coefficient (Wildman–Crippen LogP) is 2.01. The minimum absolute atomic E-state index is 0.566. The Morgan fingerprint density at radius 3 is 2.76 bits per heavy atom. The number of nitrogens with two attached hydrogens (primary N) is 1. The highest BCUT2D eigenvalue weighted by Crippen LogP contribution is 2.17. The van der Waals surface area contributed by atoms with E-state index >= 15 is 0 Å². The lowest BCUT2D eigenvalue weighted by Gasteiger charge is -2.26. The van der Waals surface area contributed by atoms with Gasteiger partial charge in [0, 0.05) is 13.1 Å². The number of benzene rings is 1. The van der Waals surface area contributed by atoms with Crippen LogP contribution in [0.2, 0.25) is 0 Å². The minimum Gasteiger partial charge on any atom is -0.492 e. The van der Waals surface area contributed by atoms with Crippen molar-refractivity contribution in [2.24, 2.45) is 5.73 Å². The molecule has 1 aromatic rings. The van der Waals surface area contributed by atoms with Crippen molar-refractivity contribution >= 4 is 0 Å². The van der Waals surface area contributed by atoms with Gasteiger partial charge in [-0.1, -0.05) is 18.6 Å². The van der Waals surface area contributed by atoms with E-state index in [1.54, 1.807) is 0 Å². The van der Waals surface area contributed by atoms with Crippen LogP contribution in [0.5, 0.6) is 5.75 Å². The summed E-state index contributed by atoms with van der Waals surface area (Å²) in [5, 5.41) is 0. The molecule has 0 unspecified atom stereocenters. The summed E-state index contributed by atoms with van der Waals surface area (Å²) in [7, 11) is 0. The number of rotatable bonds is 5. The fraction of sp³-hybridized carbons (Fsp3) is 0.571. The first-order chi connectivity index (χ1) is 8.38. The van der Waals surface area contributed by atoms with Crippen LogP contribution in [0.1, 0.15) is 24.8 Å². The molecule has 1 saturated heterocycles. The Kier molecular flexibility index (Phi) is 4.83. The molecule has 0 aliphatic carbocycles. The third kappa shape index (κ3) is 4.02. The first-order valence-corrected chi connectivity index (χ1v) is 6.52. The Morgan fingerprint density at radius 2 is 2.00 bits per heavy atom. The van der Waals surface area contributed by atoms with E-state index in [-0.39, 0.29) is 0 Å². The topological polar surface area (TPSA) is 38.5 Å². The van der Waals surface area contributed by atoms with Gasteiger partial charge in [-0.25, -0.2) is 0 Å². The number of ether oxygens (including phenoxy) is 1. The summed E-state index contributed by atoms with van der Waals surface area (Å²) in [6.45, 7) is 4.66. The van der Waals surface area contributed by atoms with Crippen molar-refractivity contribution in [3.63, 3.8) is 0 Å². The van der Waals surface area contributed by atoms with E-state index in [0.29, 0.717) is 13.2 Å². The number of nitrogens with zero attached hydrogens (tertiary/aromatic N) is 1. The van der Waals surface area contributed by atoms with Gasteiger partial charge in [-0.2, -0.15) is 0 Å². The van der Waals surface area contributed by atoms with Gasteiger partial charge in [-0.15, -0.1) is 0 Å². The van der Waals surface area contributed by atoms with Crippen LogP contribution in [0.25, 0.3) is 0 Å². The van der Waals surface area contributed by atoms with Crippen LogP contribution in [-0.2, 0) is 6.54 Å². The quantitative estimate of drug-likeness (QED) is 0.847. The molecular weight excluding hydrogens is 212 g/mol. The molecule has 2 rings (SSSR count). The van der Waals surface area contributed by atoms with Gasteiger partial charge in [0.25, 0.3) is 0 Å². The van der Waals surface area contributed by atoms with Gasteiger partial charge in [0.1, 0.15) is 12.4 Å². The summed E-state index contributed by atoms with van der Waals surface area (Å²) in [6.07, 6.45) is 4.06.